The Morgan fingerprint density at radius 2 is 1.81 bits per heavy atom. The summed E-state index contributed by atoms with van der Waals surface area (Å²) in [4.78, 5) is 21.7. The first-order valence-corrected chi connectivity index (χ1v) is 8.67. The summed E-state index contributed by atoms with van der Waals surface area (Å²) in [7, 11) is -2.74. The van der Waals surface area contributed by atoms with Crippen LogP contribution in [0.5, 0.6) is 5.75 Å². The molecule has 3 N–H and O–H groups in total. The van der Waals surface area contributed by atoms with E-state index in [9.17, 15) is 18.0 Å². The predicted molar refractivity (Wildman–Crippen MR) is 93.9 cm³/mol. The van der Waals surface area contributed by atoms with Gasteiger partial charge in [0.05, 0.1) is 23.3 Å². The molecule has 0 saturated heterocycles. The zero-order valence-corrected chi connectivity index (χ0v) is 14.4. The molecular formula is C17H15NO7S. The quantitative estimate of drug-likeness (QED) is 0.631. The van der Waals surface area contributed by atoms with E-state index in [4.69, 9.17) is 14.9 Å². The second kappa shape index (κ2) is 7.70. The summed E-state index contributed by atoms with van der Waals surface area (Å²) in [5.74, 6) is -2.19. The van der Waals surface area contributed by atoms with Crippen LogP contribution < -0.4 is 9.46 Å². The van der Waals surface area contributed by atoms with Gasteiger partial charge in [-0.2, -0.15) is 0 Å². The molecule has 0 heterocycles. The van der Waals surface area contributed by atoms with Crippen molar-refractivity contribution < 1.29 is 33.0 Å². The average Bonchev–Trinajstić information content (AvgIpc) is 2.59. The van der Waals surface area contributed by atoms with E-state index in [1.807, 2.05) is 0 Å². The molecule has 8 nitrogen and oxygen atoms in total. The number of carbonyl (C=O) groups is 2. The Morgan fingerprint density at radius 3 is 2.42 bits per heavy atom. The Bertz CT molecular complexity index is 980. The van der Waals surface area contributed by atoms with E-state index in [0.717, 1.165) is 6.08 Å². The summed E-state index contributed by atoms with van der Waals surface area (Å²) in [6.07, 6.45) is 2.05. The highest BCUT2D eigenvalue weighted by molar-refractivity contribution is 7.92. The number of anilines is 1. The van der Waals surface area contributed by atoms with Crippen molar-refractivity contribution in [3.05, 3.63) is 59.7 Å². The van der Waals surface area contributed by atoms with Crippen LogP contribution in [0.2, 0.25) is 0 Å². The molecule has 0 fully saturated rings. The summed E-state index contributed by atoms with van der Waals surface area (Å²) in [6, 6.07) is 9.44. The molecule has 0 atom stereocenters. The van der Waals surface area contributed by atoms with E-state index < -0.39 is 22.0 Å². The standard InChI is InChI=1S/C17H15NO7S/c1-25-15-8-7-12(10-11(15)6-9-16(19)20)26(23,24)18-14-5-3-2-4-13(14)17(21)22/h2-10,18H,1H3,(H,19,20)(H,21,22)/b9-6+. The van der Waals surface area contributed by atoms with E-state index in [1.54, 1.807) is 0 Å². The Labute approximate surface area is 149 Å². The third kappa shape index (κ3) is 4.39. The molecule has 0 bridgehead atoms. The molecule has 2 aromatic rings. The molecule has 136 valence electrons. The van der Waals surface area contributed by atoms with Crippen molar-refractivity contribution in [1.29, 1.82) is 0 Å². The highest BCUT2D eigenvalue weighted by atomic mass is 32.2. The third-order valence-corrected chi connectivity index (χ3v) is 4.68. The molecule has 2 rings (SSSR count). The summed E-state index contributed by atoms with van der Waals surface area (Å²) in [5.41, 5.74) is -0.0432. The first-order valence-electron chi connectivity index (χ1n) is 7.19. The van der Waals surface area contributed by atoms with Crippen molar-refractivity contribution in [2.75, 3.05) is 11.8 Å². The molecule has 0 aliphatic carbocycles. The Balaban J connectivity index is 2.45. The van der Waals surface area contributed by atoms with Gasteiger partial charge in [0.2, 0.25) is 0 Å². The second-order valence-corrected chi connectivity index (χ2v) is 6.71. The number of para-hydroxylation sites is 1. The molecule has 2 aromatic carbocycles. The lowest BCUT2D eigenvalue weighted by Gasteiger charge is -2.12. The van der Waals surface area contributed by atoms with Crippen LogP contribution in [-0.4, -0.2) is 37.7 Å². The molecule has 0 unspecified atom stereocenters. The number of sulfonamides is 1. The number of hydrogen-bond donors (Lipinski definition) is 3. The van der Waals surface area contributed by atoms with Gasteiger partial charge < -0.3 is 14.9 Å². The number of rotatable bonds is 7. The van der Waals surface area contributed by atoms with Gasteiger partial charge in [-0.25, -0.2) is 18.0 Å². The normalized spacial score (nSPS) is 11.3. The number of aromatic carboxylic acids is 1. The summed E-state index contributed by atoms with van der Waals surface area (Å²) in [5, 5.41) is 17.9. The van der Waals surface area contributed by atoms with Crippen LogP contribution in [0.25, 0.3) is 6.08 Å². The van der Waals surface area contributed by atoms with Gasteiger partial charge in [0.15, 0.2) is 0 Å². The fourth-order valence-electron chi connectivity index (χ4n) is 2.13. The molecule has 26 heavy (non-hydrogen) atoms. The van der Waals surface area contributed by atoms with Gasteiger partial charge >= 0.3 is 11.9 Å². The number of benzene rings is 2. The van der Waals surface area contributed by atoms with E-state index in [2.05, 4.69) is 4.72 Å². The molecule has 0 aliphatic rings. The summed E-state index contributed by atoms with van der Waals surface area (Å²) < 4.78 is 32.5. The van der Waals surface area contributed by atoms with Crippen LogP contribution in [0.3, 0.4) is 0 Å². The number of nitrogens with one attached hydrogen (secondary N) is 1. The van der Waals surface area contributed by atoms with Gasteiger partial charge in [0.1, 0.15) is 5.75 Å². The third-order valence-electron chi connectivity index (χ3n) is 3.32. The SMILES string of the molecule is COc1ccc(S(=O)(=O)Nc2ccccc2C(=O)O)cc1/C=C/C(=O)O. The van der Waals surface area contributed by atoms with Gasteiger partial charge in [0.25, 0.3) is 10.0 Å². The van der Waals surface area contributed by atoms with Crippen molar-refractivity contribution in [3.63, 3.8) is 0 Å². The minimum Gasteiger partial charge on any atom is -0.496 e. The molecule has 0 saturated carbocycles. The van der Waals surface area contributed by atoms with E-state index >= 15 is 0 Å². The van der Waals surface area contributed by atoms with Crippen molar-refractivity contribution in [2.24, 2.45) is 0 Å². The molecule has 0 amide bonds. The maximum atomic E-state index is 12.6. The fraction of sp³-hybridized carbons (Fsp3) is 0.0588. The average molecular weight is 377 g/mol. The van der Waals surface area contributed by atoms with Crippen molar-refractivity contribution in [2.45, 2.75) is 4.90 Å². The van der Waals surface area contributed by atoms with Crippen LogP contribution in [0.15, 0.2) is 53.4 Å². The molecule has 0 spiro atoms. The Kier molecular flexibility index (Phi) is 5.63. The lowest BCUT2D eigenvalue weighted by Crippen LogP contribution is -2.15. The van der Waals surface area contributed by atoms with Gasteiger partial charge in [0, 0.05) is 11.6 Å². The molecule has 0 aromatic heterocycles. The van der Waals surface area contributed by atoms with Gasteiger partial charge in [-0.05, 0) is 36.4 Å². The fourth-order valence-corrected chi connectivity index (χ4v) is 3.25. The number of hydrogen-bond acceptors (Lipinski definition) is 5. The van der Waals surface area contributed by atoms with Crippen LogP contribution in [0.4, 0.5) is 5.69 Å². The number of methoxy groups -OCH3 is 1. The second-order valence-electron chi connectivity index (χ2n) is 5.03. The molecule has 0 aliphatic heterocycles. The van der Waals surface area contributed by atoms with Gasteiger partial charge in [-0.15, -0.1) is 0 Å². The number of ether oxygens (including phenoxy) is 1. The highest BCUT2D eigenvalue weighted by Crippen LogP contribution is 2.26. The van der Waals surface area contributed by atoms with Crippen molar-refractivity contribution in [1.82, 2.24) is 0 Å². The largest absolute Gasteiger partial charge is 0.496 e. The first-order chi connectivity index (χ1) is 12.2. The minimum atomic E-state index is -4.11. The molecular weight excluding hydrogens is 362 g/mol. The van der Waals surface area contributed by atoms with Crippen LogP contribution in [0, 0.1) is 0 Å². The first kappa shape index (κ1) is 19.0. The zero-order valence-electron chi connectivity index (χ0n) is 13.5. The monoisotopic (exact) mass is 377 g/mol. The lowest BCUT2D eigenvalue weighted by atomic mass is 10.2. The van der Waals surface area contributed by atoms with Crippen LogP contribution >= 0.6 is 0 Å². The number of aliphatic carboxylic acids is 1. The van der Waals surface area contributed by atoms with E-state index in [1.165, 1.54) is 55.7 Å². The van der Waals surface area contributed by atoms with Crippen LogP contribution in [-0.2, 0) is 14.8 Å². The predicted octanol–water partition coefficient (Wildman–Crippen LogP) is 2.29. The Morgan fingerprint density at radius 1 is 1.12 bits per heavy atom. The lowest BCUT2D eigenvalue weighted by molar-refractivity contribution is -0.131. The van der Waals surface area contributed by atoms with Crippen molar-refractivity contribution in [3.8, 4) is 5.75 Å². The van der Waals surface area contributed by atoms with Gasteiger partial charge in [-0.1, -0.05) is 12.1 Å². The smallest absolute Gasteiger partial charge is 0.337 e. The van der Waals surface area contributed by atoms with Crippen LogP contribution in [0.1, 0.15) is 15.9 Å². The number of carboxylic acids is 2. The van der Waals surface area contributed by atoms with E-state index in [0.29, 0.717) is 0 Å². The number of carboxylic acid groups (broad SMARTS) is 2. The van der Waals surface area contributed by atoms with Crippen molar-refractivity contribution >= 4 is 33.7 Å². The molecule has 0 radical (unpaired) electrons. The van der Waals surface area contributed by atoms with Gasteiger partial charge in [-0.3, -0.25) is 4.72 Å². The summed E-state index contributed by atoms with van der Waals surface area (Å²) >= 11 is 0. The highest BCUT2D eigenvalue weighted by Gasteiger charge is 2.19. The maximum absolute atomic E-state index is 12.6. The minimum absolute atomic E-state index is 0.0848. The van der Waals surface area contributed by atoms with E-state index in [-0.39, 0.29) is 27.5 Å². The maximum Gasteiger partial charge on any atom is 0.337 e. The Hall–Kier alpha value is -3.33. The topological polar surface area (TPSA) is 130 Å². The summed E-state index contributed by atoms with van der Waals surface area (Å²) in [6.45, 7) is 0. The molecule has 9 heteroatoms. The zero-order chi connectivity index (χ0) is 19.3.